The van der Waals surface area contributed by atoms with Gasteiger partial charge in [0.2, 0.25) is 0 Å². The van der Waals surface area contributed by atoms with Gasteiger partial charge in [-0.25, -0.2) is 14.4 Å². The van der Waals surface area contributed by atoms with Crippen LogP contribution in [0.3, 0.4) is 0 Å². The van der Waals surface area contributed by atoms with Crippen molar-refractivity contribution in [3.8, 4) is 0 Å². The minimum absolute atomic E-state index is 0.0187. The van der Waals surface area contributed by atoms with Gasteiger partial charge in [0, 0.05) is 5.56 Å². The van der Waals surface area contributed by atoms with Gasteiger partial charge in [0.05, 0.1) is 16.7 Å². The molecule has 0 aliphatic heterocycles. The summed E-state index contributed by atoms with van der Waals surface area (Å²) < 4.78 is 0. The highest BCUT2D eigenvalue weighted by molar-refractivity contribution is 6.12. The topological polar surface area (TPSA) is 112 Å². The highest BCUT2D eigenvalue weighted by Crippen LogP contribution is 2.31. The maximum atomic E-state index is 11.4. The molecule has 0 aliphatic carbocycles. The quantitative estimate of drug-likeness (QED) is 0.742. The van der Waals surface area contributed by atoms with Gasteiger partial charge in [-0.2, -0.15) is 0 Å². The molecule has 0 saturated carbocycles. The van der Waals surface area contributed by atoms with Crippen LogP contribution in [-0.2, 0) is 0 Å². The summed E-state index contributed by atoms with van der Waals surface area (Å²) in [5, 5.41) is 27.8. The highest BCUT2D eigenvalue weighted by Gasteiger charge is 2.30. The zero-order valence-electron chi connectivity index (χ0n) is 10.9. The first-order valence-corrected chi connectivity index (χ1v) is 5.62. The van der Waals surface area contributed by atoms with E-state index in [0.29, 0.717) is 0 Å². The third-order valence-corrected chi connectivity index (χ3v) is 2.87. The second kappa shape index (κ2) is 5.87. The zero-order chi connectivity index (χ0) is 16.3. The summed E-state index contributed by atoms with van der Waals surface area (Å²) in [6, 6.07) is 0. The molecule has 6 nitrogen and oxygen atoms in total. The van der Waals surface area contributed by atoms with E-state index in [9.17, 15) is 29.7 Å². The lowest BCUT2D eigenvalue weighted by Gasteiger charge is -2.16. The molecule has 0 fully saturated rings. The standard InChI is InChI=1S/C15H12O6/c1-4-7-8(5-2)11(14(18)19)12(15(20)21)9(6-3)10(7)13(16)17/h4-6H,1-3H2,(H,16,17)(H,18,19)(H,20,21). The van der Waals surface area contributed by atoms with Crippen molar-refractivity contribution in [2.45, 2.75) is 0 Å². The zero-order valence-corrected chi connectivity index (χ0v) is 10.9. The van der Waals surface area contributed by atoms with Crippen LogP contribution < -0.4 is 0 Å². The van der Waals surface area contributed by atoms with E-state index in [1.807, 2.05) is 0 Å². The van der Waals surface area contributed by atoms with Crippen LogP contribution in [0.25, 0.3) is 18.2 Å². The van der Waals surface area contributed by atoms with E-state index in [2.05, 4.69) is 19.7 Å². The molecule has 0 saturated heterocycles. The van der Waals surface area contributed by atoms with Crippen LogP contribution in [-0.4, -0.2) is 33.2 Å². The van der Waals surface area contributed by atoms with E-state index in [-0.39, 0.29) is 22.3 Å². The molecule has 0 unspecified atom stereocenters. The number of rotatable bonds is 6. The second-order valence-corrected chi connectivity index (χ2v) is 3.89. The first-order valence-electron chi connectivity index (χ1n) is 5.62. The van der Waals surface area contributed by atoms with Crippen molar-refractivity contribution in [1.82, 2.24) is 0 Å². The average Bonchev–Trinajstić information content (AvgIpc) is 2.42. The van der Waals surface area contributed by atoms with E-state index < -0.39 is 29.0 Å². The van der Waals surface area contributed by atoms with Crippen LogP contribution >= 0.6 is 0 Å². The summed E-state index contributed by atoms with van der Waals surface area (Å²) in [6.45, 7) is 10.2. The summed E-state index contributed by atoms with van der Waals surface area (Å²) in [6.07, 6.45) is 3.23. The normalized spacial score (nSPS) is 9.71. The molecule has 1 aromatic rings. The molecular weight excluding hydrogens is 276 g/mol. The van der Waals surface area contributed by atoms with Crippen molar-refractivity contribution in [3.05, 3.63) is 53.1 Å². The van der Waals surface area contributed by atoms with Crippen LogP contribution in [0.4, 0.5) is 0 Å². The van der Waals surface area contributed by atoms with Gasteiger partial charge in [0.1, 0.15) is 0 Å². The van der Waals surface area contributed by atoms with E-state index in [1.54, 1.807) is 0 Å². The van der Waals surface area contributed by atoms with Gasteiger partial charge >= 0.3 is 17.9 Å². The first-order chi connectivity index (χ1) is 9.81. The van der Waals surface area contributed by atoms with E-state index in [0.717, 1.165) is 18.2 Å². The van der Waals surface area contributed by atoms with Crippen molar-refractivity contribution in [2.24, 2.45) is 0 Å². The Labute approximate surface area is 120 Å². The average molecular weight is 288 g/mol. The summed E-state index contributed by atoms with van der Waals surface area (Å²) in [5.41, 5.74) is -1.99. The largest absolute Gasteiger partial charge is 0.478 e. The van der Waals surface area contributed by atoms with Crippen molar-refractivity contribution in [1.29, 1.82) is 0 Å². The lowest BCUT2D eigenvalue weighted by molar-refractivity contribution is 0.0648. The number of carboxylic acids is 3. The Bertz CT molecular complexity index is 697. The molecule has 1 rings (SSSR count). The molecule has 1 aromatic carbocycles. The molecule has 3 N–H and O–H groups in total. The predicted molar refractivity (Wildman–Crippen MR) is 77.6 cm³/mol. The minimum Gasteiger partial charge on any atom is -0.478 e. The summed E-state index contributed by atoms with van der Waals surface area (Å²) in [4.78, 5) is 34.2. The highest BCUT2D eigenvalue weighted by atomic mass is 16.4. The molecule has 21 heavy (non-hydrogen) atoms. The Balaban J connectivity index is 4.27. The van der Waals surface area contributed by atoms with E-state index in [1.165, 1.54) is 0 Å². The minimum atomic E-state index is -1.57. The van der Waals surface area contributed by atoms with E-state index >= 15 is 0 Å². The Morgan fingerprint density at radius 1 is 0.619 bits per heavy atom. The molecule has 0 atom stereocenters. The Morgan fingerprint density at radius 2 is 0.905 bits per heavy atom. The Hall–Kier alpha value is -3.15. The number of aromatic carboxylic acids is 3. The van der Waals surface area contributed by atoms with Crippen LogP contribution in [0, 0.1) is 0 Å². The molecule has 0 bridgehead atoms. The number of hydrogen-bond acceptors (Lipinski definition) is 3. The summed E-state index contributed by atoms with van der Waals surface area (Å²) >= 11 is 0. The fourth-order valence-corrected chi connectivity index (χ4v) is 2.11. The Kier molecular flexibility index (Phi) is 4.45. The lowest BCUT2D eigenvalue weighted by Crippen LogP contribution is -2.18. The van der Waals surface area contributed by atoms with Crippen molar-refractivity contribution < 1.29 is 29.7 Å². The third-order valence-electron chi connectivity index (χ3n) is 2.87. The Morgan fingerprint density at radius 3 is 1.19 bits per heavy atom. The molecule has 0 amide bonds. The third kappa shape index (κ3) is 2.46. The molecule has 6 heteroatoms. The van der Waals surface area contributed by atoms with Crippen molar-refractivity contribution in [2.75, 3.05) is 0 Å². The first kappa shape index (κ1) is 15.9. The van der Waals surface area contributed by atoms with Gasteiger partial charge in [0.25, 0.3) is 0 Å². The van der Waals surface area contributed by atoms with Crippen molar-refractivity contribution >= 4 is 36.1 Å². The number of carboxylic acid groups (broad SMARTS) is 3. The van der Waals surface area contributed by atoms with Gasteiger partial charge in [-0.1, -0.05) is 38.0 Å². The molecule has 0 radical (unpaired) electrons. The van der Waals surface area contributed by atoms with Gasteiger partial charge in [-0.3, -0.25) is 0 Å². The second-order valence-electron chi connectivity index (χ2n) is 3.89. The fourth-order valence-electron chi connectivity index (χ4n) is 2.11. The number of carbonyl (C=O) groups is 3. The molecule has 0 spiro atoms. The van der Waals surface area contributed by atoms with Gasteiger partial charge in [-0.15, -0.1) is 0 Å². The number of benzene rings is 1. The van der Waals surface area contributed by atoms with Crippen LogP contribution in [0.5, 0.6) is 0 Å². The van der Waals surface area contributed by atoms with Crippen LogP contribution in [0.15, 0.2) is 19.7 Å². The van der Waals surface area contributed by atoms with E-state index in [4.69, 9.17) is 0 Å². The van der Waals surface area contributed by atoms with Gasteiger partial charge in [0.15, 0.2) is 0 Å². The lowest BCUT2D eigenvalue weighted by atomic mass is 9.86. The van der Waals surface area contributed by atoms with Crippen LogP contribution in [0.2, 0.25) is 0 Å². The smallest absolute Gasteiger partial charge is 0.337 e. The number of hydrogen-bond donors (Lipinski definition) is 3. The molecule has 0 aliphatic rings. The monoisotopic (exact) mass is 288 g/mol. The molecule has 0 aromatic heterocycles. The summed E-state index contributed by atoms with van der Waals surface area (Å²) in [5.74, 6) is -4.49. The molecular formula is C15H12O6. The fraction of sp³-hybridized carbons (Fsp3) is 0. The maximum Gasteiger partial charge on any atom is 0.337 e. The molecule has 108 valence electrons. The van der Waals surface area contributed by atoms with Gasteiger partial charge < -0.3 is 15.3 Å². The van der Waals surface area contributed by atoms with Gasteiger partial charge in [-0.05, 0) is 11.1 Å². The SMILES string of the molecule is C=Cc1c(C=C)c(C(=O)O)c(C(=O)O)c(C=C)c1C(=O)O. The summed E-state index contributed by atoms with van der Waals surface area (Å²) in [7, 11) is 0. The molecule has 0 heterocycles. The van der Waals surface area contributed by atoms with Crippen LogP contribution in [0.1, 0.15) is 47.8 Å². The maximum absolute atomic E-state index is 11.4. The van der Waals surface area contributed by atoms with Crippen molar-refractivity contribution in [3.63, 3.8) is 0 Å². The predicted octanol–water partition coefficient (Wildman–Crippen LogP) is 2.71.